The lowest BCUT2D eigenvalue weighted by molar-refractivity contribution is -0.117. The second kappa shape index (κ2) is 4.48. The number of anilines is 1. The number of carbonyl (C=O) groups is 2. The van der Waals surface area contributed by atoms with Crippen molar-refractivity contribution < 1.29 is 14.7 Å². The summed E-state index contributed by atoms with van der Waals surface area (Å²) >= 11 is 0. The second-order valence-electron chi connectivity index (χ2n) is 4.76. The highest BCUT2D eigenvalue weighted by atomic mass is 16.4. The third kappa shape index (κ3) is 1.95. The first-order valence-corrected chi connectivity index (χ1v) is 6.19. The molecule has 1 N–H and O–H groups in total. The van der Waals surface area contributed by atoms with Gasteiger partial charge in [0.25, 0.3) is 0 Å². The number of aromatic nitrogens is 2. The summed E-state index contributed by atoms with van der Waals surface area (Å²) in [7, 11) is 1.87. The number of carbonyl (C=O) groups excluding carboxylic acids is 1. The zero-order chi connectivity index (χ0) is 14.3. The minimum absolute atomic E-state index is 0.0365. The molecular formula is C14H13N3O3. The fraction of sp³-hybridized carbons (Fsp3) is 0.214. The van der Waals surface area contributed by atoms with E-state index in [0.29, 0.717) is 6.54 Å². The van der Waals surface area contributed by atoms with Crippen molar-refractivity contribution >= 4 is 17.6 Å². The van der Waals surface area contributed by atoms with Crippen LogP contribution in [0, 0.1) is 0 Å². The van der Waals surface area contributed by atoms with Crippen LogP contribution in [0.15, 0.2) is 30.6 Å². The average Bonchev–Trinajstić information content (AvgIpc) is 2.94. The predicted octanol–water partition coefficient (Wildman–Crippen LogP) is 1.21. The maximum absolute atomic E-state index is 12.1. The van der Waals surface area contributed by atoms with Crippen molar-refractivity contribution in [1.29, 1.82) is 0 Å². The second-order valence-corrected chi connectivity index (χ2v) is 4.76. The normalized spacial score (nSPS) is 13.7. The molecule has 0 unspecified atom stereocenters. The SMILES string of the molecule is Cn1ccnc1CN1C(=O)Cc2cc(C(=O)O)ccc21. The highest BCUT2D eigenvalue weighted by molar-refractivity contribution is 6.02. The lowest BCUT2D eigenvalue weighted by Crippen LogP contribution is -2.27. The molecule has 6 nitrogen and oxygen atoms in total. The summed E-state index contributed by atoms with van der Waals surface area (Å²) in [5.74, 6) is -0.234. The summed E-state index contributed by atoms with van der Waals surface area (Å²) in [6.07, 6.45) is 3.75. The zero-order valence-electron chi connectivity index (χ0n) is 10.9. The molecule has 1 aromatic carbocycles. The van der Waals surface area contributed by atoms with E-state index in [9.17, 15) is 9.59 Å². The Morgan fingerprint density at radius 1 is 1.45 bits per heavy atom. The van der Waals surface area contributed by atoms with Crippen molar-refractivity contribution in [3.05, 3.63) is 47.5 Å². The van der Waals surface area contributed by atoms with E-state index in [1.807, 2.05) is 17.8 Å². The molecule has 0 bridgehead atoms. The first kappa shape index (κ1) is 12.4. The van der Waals surface area contributed by atoms with Crippen molar-refractivity contribution in [2.24, 2.45) is 7.05 Å². The first-order valence-electron chi connectivity index (χ1n) is 6.19. The van der Waals surface area contributed by atoms with E-state index in [1.54, 1.807) is 23.2 Å². The molecule has 102 valence electrons. The van der Waals surface area contributed by atoms with E-state index >= 15 is 0 Å². The van der Waals surface area contributed by atoms with E-state index in [1.165, 1.54) is 6.07 Å². The maximum Gasteiger partial charge on any atom is 0.335 e. The molecule has 1 aromatic heterocycles. The quantitative estimate of drug-likeness (QED) is 0.910. The van der Waals surface area contributed by atoms with E-state index in [0.717, 1.165) is 17.1 Å². The standard InChI is InChI=1S/C14H13N3O3/c1-16-5-4-15-12(16)8-17-11-3-2-9(14(19)20)6-10(11)7-13(17)18/h2-6H,7-8H2,1H3,(H,19,20). The van der Waals surface area contributed by atoms with Crippen LogP contribution >= 0.6 is 0 Å². The molecule has 3 rings (SSSR count). The van der Waals surface area contributed by atoms with Gasteiger partial charge in [-0.2, -0.15) is 0 Å². The van der Waals surface area contributed by atoms with Crippen LogP contribution in [0.5, 0.6) is 0 Å². The Bertz CT molecular complexity index is 705. The van der Waals surface area contributed by atoms with Crippen LogP contribution in [0.4, 0.5) is 5.69 Å². The Kier molecular flexibility index (Phi) is 2.78. The molecule has 1 aliphatic heterocycles. The van der Waals surface area contributed by atoms with Gasteiger partial charge in [-0.05, 0) is 23.8 Å². The van der Waals surface area contributed by atoms with Gasteiger partial charge in [0.15, 0.2) is 0 Å². The molecule has 1 aliphatic rings. The van der Waals surface area contributed by atoms with Gasteiger partial charge >= 0.3 is 5.97 Å². The van der Waals surface area contributed by atoms with Gasteiger partial charge in [0, 0.05) is 25.1 Å². The highest BCUT2D eigenvalue weighted by Gasteiger charge is 2.28. The zero-order valence-corrected chi connectivity index (χ0v) is 10.9. The molecular weight excluding hydrogens is 258 g/mol. The van der Waals surface area contributed by atoms with Gasteiger partial charge in [0.05, 0.1) is 18.5 Å². The highest BCUT2D eigenvalue weighted by Crippen LogP contribution is 2.30. The molecule has 0 saturated carbocycles. The number of hydrogen-bond acceptors (Lipinski definition) is 3. The Morgan fingerprint density at radius 3 is 2.90 bits per heavy atom. The van der Waals surface area contributed by atoms with Crippen molar-refractivity contribution in [2.75, 3.05) is 4.90 Å². The number of hydrogen-bond donors (Lipinski definition) is 1. The van der Waals surface area contributed by atoms with Crippen LogP contribution in [-0.2, 0) is 24.8 Å². The van der Waals surface area contributed by atoms with Crippen LogP contribution in [0.25, 0.3) is 0 Å². The van der Waals surface area contributed by atoms with Crippen LogP contribution in [-0.4, -0.2) is 26.5 Å². The van der Waals surface area contributed by atoms with Gasteiger partial charge in [0.1, 0.15) is 5.82 Å². The van der Waals surface area contributed by atoms with Crippen LogP contribution in [0.3, 0.4) is 0 Å². The summed E-state index contributed by atoms with van der Waals surface area (Å²) in [6.45, 7) is 0.391. The van der Waals surface area contributed by atoms with Gasteiger partial charge in [-0.25, -0.2) is 9.78 Å². The van der Waals surface area contributed by atoms with Gasteiger partial charge < -0.3 is 14.6 Å². The van der Waals surface area contributed by atoms with Crippen molar-refractivity contribution in [3.63, 3.8) is 0 Å². The predicted molar refractivity (Wildman–Crippen MR) is 71.5 cm³/mol. The number of benzene rings is 1. The van der Waals surface area contributed by atoms with Crippen LogP contribution < -0.4 is 4.90 Å². The number of carboxylic acids is 1. The maximum atomic E-state index is 12.1. The molecule has 0 saturated heterocycles. The number of carboxylic acid groups (broad SMARTS) is 1. The largest absolute Gasteiger partial charge is 0.478 e. The summed E-state index contributed by atoms with van der Waals surface area (Å²) in [5.41, 5.74) is 1.72. The van der Waals surface area contributed by atoms with E-state index in [4.69, 9.17) is 5.11 Å². The molecule has 2 heterocycles. The third-order valence-electron chi connectivity index (χ3n) is 3.48. The molecule has 0 aliphatic carbocycles. The topological polar surface area (TPSA) is 75.4 Å². The van der Waals surface area contributed by atoms with Gasteiger partial charge in [-0.15, -0.1) is 0 Å². The fourth-order valence-electron chi connectivity index (χ4n) is 2.38. The summed E-state index contributed by atoms with van der Waals surface area (Å²) in [5, 5.41) is 8.98. The Morgan fingerprint density at radius 2 is 2.25 bits per heavy atom. The van der Waals surface area contributed by atoms with Gasteiger partial charge in [-0.1, -0.05) is 0 Å². The number of aromatic carboxylic acids is 1. The van der Waals surface area contributed by atoms with Gasteiger partial charge in [-0.3, -0.25) is 4.79 Å². The Balaban J connectivity index is 1.94. The number of amides is 1. The van der Waals surface area contributed by atoms with Crippen LogP contribution in [0.2, 0.25) is 0 Å². The molecule has 0 radical (unpaired) electrons. The van der Waals surface area contributed by atoms with Crippen LogP contribution in [0.1, 0.15) is 21.7 Å². The smallest absolute Gasteiger partial charge is 0.335 e. The lowest BCUT2D eigenvalue weighted by Gasteiger charge is -2.17. The van der Waals surface area contributed by atoms with E-state index < -0.39 is 5.97 Å². The number of rotatable bonds is 3. The first-order chi connectivity index (χ1) is 9.56. The van der Waals surface area contributed by atoms with E-state index in [2.05, 4.69) is 4.98 Å². The molecule has 20 heavy (non-hydrogen) atoms. The molecule has 1 amide bonds. The molecule has 6 heteroatoms. The number of nitrogens with zero attached hydrogens (tertiary/aromatic N) is 3. The number of fused-ring (bicyclic) bond motifs is 1. The average molecular weight is 271 g/mol. The number of imidazole rings is 1. The summed E-state index contributed by atoms with van der Waals surface area (Å²) in [4.78, 5) is 28.9. The Labute approximate surface area is 115 Å². The summed E-state index contributed by atoms with van der Waals surface area (Å²) in [6, 6.07) is 4.77. The van der Waals surface area contributed by atoms with Crippen molar-refractivity contribution in [2.45, 2.75) is 13.0 Å². The third-order valence-corrected chi connectivity index (χ3v) is 3.48. The minimum Gasteiger partial charge on any atom is -0.478 e. The molecule has 0 spiro atoms. The Hall–Kier alpha value is -2.63. The fourth-order valence-corrected chi connectivity index (χ4v) is 2.38. The molecule has 0 atom stereocenters. The van der Waals surface area contributed by atoms with Crippen molar-refractivity contribution in [1.82, 2.24) is 9.55 Å². The summed E-state index contributed by atoms with van der Waals surface area (Å²) < 4.78 is 1.86. The van der Waals surface area contributed by atoms with Gasteiger partial charge in [0.2, 0.25) is 5.91 Å². The van der Waals surface area contributed by atoms with E-state index in [-0.39, 0.29) is 17.9 Å². The lowest BCUT2D eigenvalue weighted by atomic mass is 10.1. The number of aryl methyl sites for hydroxylation is 1. The molecule has 0 fully saturated rings. The minimum atomic E-state index is -0.984. The molecule has 2 aromatic rings. The van der Waals surface area contributed by atoms with Crippen molar-refractivity contribution in [3.8, 4) is 0 Å². The monoisotopic (exact) mass is 271 g/mol.